The third-order valence-electron chi connectivity index (χ3n) is 5.73. The van der Waals surface area contributed by atoms with Gasteiger partial charge in [-0.3, -0.25) is 14.2 Å². The van der Waals surface area contributed by atoms with Gasteiger partial charge in [0.05, 0.1) is 23.8 Å². The van der Waals surface area contributed by atoms with Gasteiger partial charge in [0.15, 0.2) is 0 Å². The molecule has 2 aromatic carbocycles. The van der Waals surface area contributed by atoms with Crippen molar-refractivity contribution in [2.45, 2.75) is 32.4 Å². The minimum absolute atomic E-state index is 0.0947. The largest absolute Gasteiger partial charge is 0.376 e. The summed E-state index contributed by atoms with van der Waals surface area (Å²) in [6.45, 7) is 3.23. The predicted molar refractivity (Wildman–Crippen MR) is 116 cm³/mol. The maximum Gasteiger partial charge on any atom is 0.261 e. The Morgan fingerprint density at radius 2 is 1.77 bits per heavy atom. The summed E-state index contributed by atoms with van der Waals surface area (Å²) in [6, 6.07) is 17.5. The summed E-state index contributed by atoms with van der Waals surface area (Å²) in [7, 11) is 0. The van der Waals surface area contributed by atoms with E-state index in [1.165, 1.54) is 16.5 Å². The van der Waals surface area contributed by atoms with Gasteiger partial charge in [-0.25, -0.2) is 4.98 Å². The fraction of sp³-hybridized carbons (Fsp3) is 0.375. The molecule has 0 aliphatic carbocycles. The molecule has 0 radical (unpaired) electrons. The predicted octanol–water partition coefficient (Wildman–Crippen LogP) is 3.24. The molecule has 1 aliphatic heterocycles. The van der Waals surface area contributed by atoms with E-state index in [2.05, 4.69) is 17.1 Å². The molecule has 1 amide bonds. The van der Waals surface area contributed by atoms with Crippen molar-refractivity contribution in [1.29, 1.82) is 0 Å². The van der Waals surface area contributed by atoms with E-state index in [0.29, 0.717) is 36.4 Å². The Kier molecular flexibility index (Phi) is 6.54. The van der Waals surface area contributed by atoms with Gasteiger partial charge < -0.3 is 9.64 Å². The molecule has 0 spiro atoms. The SMILES string of the molecule is O=C(CCn1cnc2ccccc2c1=O)N1CCC(COCc2ccccc2)CC1. The molecule has 3 aromatic rings. The molecule has 1 aliphatic rings. The number of para-hydroxylation sites is 1. The van der Waals surface area contributed by atoms with E-state index in [4.69, 9.17) is 4.74 Å². The van der Waals surface area contributed by atoms with Crippen molar-refractivity contribution in [2.24, 2.45) is 5.92 Å². The number of aryl methyl sites for hydroxylation is 1. The van der Waals surface area contributed by atoms with Crippen LogP contribution in [0, 0.1) is 5.92 Å². The first kappa shape index (κ1) is 20.3. The van der Waals surface area contributed by atoms with E-state index in [9.17, 15) is 9.59 Å². The van der Waals surface area contributed by atoms with Gasteiger partial charge in [0, 0.05) is 32.7 Å². The number of carbonyl (C=O) groups is 1. The van der Waals surface area contributed by atoms with Gasteiger partial charge in [-0.2, -0.15) is 0 Å². The third-order valence-corrected chi connectivity index (χ3v) is 5.73. The van der Waals surface area contributed by atoms with E-state index in [1.54, 1.807) is 6.07 Å². The van der Waals surface area contributed by atoms with Crippen LogP contribution in [0.15, 0.2) is 65.7 Å². The van der Waals surface area contributed by atoms with Crippen LogP contribution >= 0.6 is 0 Å². The van der Waals surface area contributed by atoms with Crippen LogP contribution in [0.5, 0.6) is 0 Å². The summed E-state index contributed by atoms with van der Waals surface area (Å²) >= 11 is 0. The first-order chi connectivity index (χ1) is 14.7. The van der Waals surface area contributed by atoms with E-state index in [0.717, 1.165) is 32.5 Å². The molecule has 2 heterocycles. The second-order valence-electron chi connectivity index (χ2n) is 7.84. The highest BCUT2D eigenvalue weighted by Crippen LogP contribution is 2.19. The monoisotopic (exact) mass is 405 g/mol. The Balaban J connectivity index is 1.22. The number of rotatable bonds is 7. The second-order valence-corrected chi connectivity index (χ2v) is 7.84. The summed E-state index contributed by atoms with van der Waals surface area (Å²) in [6.07, 6.45) is 3.76. The van der Waals surface area contributed by atoms with Crippen molar-refractivity contribution in [3.63, 3.8) is 0 Å². The minimum Gasteiger partial charge on any atom is -0.376 e. The highest BCUT2D eigenvalue weighted by molar-refractivity contribution is 5.77. The van der Waals surface area contributed by atoms with E-state index < -0.39 is 0 Å². The van der Waals surface area contributed by atoms with E-state index in [1.807, 2.05) is 41.3 Å². The van der Waals surface area contributed by atoms with Gasteiger partial charge in [0.1, 0.15) is 0 Å². The quantitative estimate of drug-likeness (QED) is 0.605. The molecule has 1 saturated heterocycles. The zero-order chi connectivity index (χ0) is 20.8. The number of fused-ring (bicyclic) bond motifs is 1. The average Bonchev–Trinajstić information content (AvgIpc) is 2.80. The Labute approximate surface area is 176 Å². The number of ether oxygens (including phenoxy) is 1. The van der Waals surface area contributed by atoms with Gasteiger partial charge in [0.25, 0.3) is 5.56 Å². The summed E-state index contributed by atoms with van der Waals surface area (Å²) in [5, 5.41) is 0.587. The smallest absolute Gasteiger partial charge is 0.261 e. The van der Waals surface area contributed by atoms with Crippen molar-refractivity contribution < 1.29 is 9.53 Å². The molecule has 0 bridgehead atoms. The topological polar surface area (TPSA) is 64.4 Å². The molecule has 1 aromatic heterocycles. The van der Waals surface area contributed by atoms with Crippen LogP contribution in [-0.4, -0.2) is 40.1 Å². The maximum absolute atomic E-state index is 12.6. The summed E-state index contributed by atoms with van der Waals surface area (Å²) in [5.74, 6) is 0.587. The Morgan fingerprint density at radius 1 is 1.03 bits per heavy atom. The first-order valence-corrected chi connectivity index (χ1v) is 10.5. The van der Waals surface area contributed by atoms with Gasteiger partial charge in [-0.05, 0) is 36.5 Å². The number of piperidine rings is 1. The number of nitrogens with zero attached hydrogens (tertiary/aromatic N) is 3. The van der Waals surface area contributed by atoms with Crippen molar-refractivity contribution in [1.82, 2.24) is 14.5 Å². The number of benzene rings is 2. The van der Waals surface area contributed by atoms with Crippen molar-refractivity contribution >= 4 is 16.8 Å². The van der Waals surface area contributed by atoms with Crippen LogP contribution in [0.1, 0.15) is 24.8 Å². The number of aromatic nitrogens is 2. The Hall–Kier alpha value is -2.99. The number of carbonyl (C=O) groups excluding carboxylic acids is 1. The fourth-order valence-corrected chi connectivity index (χ4v) is 3.91. The molecule has 0 saturated carbocycles. The van der Waals surface area contributed by atoms with Crippen molar-refractivity contribution in [2.75, 3.05) is 19.7 Å². The van der Waals surface area contributed by atoms with Gasteiger partial charge in [-0.15, -0.1) is 0 Å². The normalized spacial score (nSPS) is 14.9. The molecule has 6 heteroatoms. The number of likely N-dealkylation sites (tertiary alicyclic amines) is 1. The Morgan fingerprint density at radius 3 is 2.57 bits per heavy atom. The fourth-order valence-electron chi connectivity index (χ4n) is 3.91. The molecule has 0 unspecified atom stereocenters. The van der Waals surface area contributed by atoms with Gasteiger partial charge >= 0.3 is 0 Å². The maximum atomic E-state index is 12.6. The first-order valence-electron chi connectivity index (χ1n) is 10.5. The lowest BCUT2D eigenvalue weighted by Crippen LogP contribution is -2.40. The summed E-state index contributed by atoms with van der Waals surface area (Å²) < 4.78 is 7.39. The molecular formula is C24H27N3O3. The van der Waals surface area contributed by atoms with E-state index in [-0.39, 0.29) is 11.5 Å². The molecule has 156 valence electrons. The van der Waals surface area contributed by atoms with E-state index >= 15 is 0 Å². The highest BCUT2D eigenvalue weighted by Gasteiger charge is 2.22. The third kappa shape index (κ3) is 4.94. The van der Waals surface area contributed by atoms with Crippen LogP contribution in [0.4, 0.5) is 0 Å². The number of amides is 1. The number of hydrogen-bond donors (Lipinski definition) is 0. The minimum atomic E-state index is -0.0947. The average molecular weight is 405 g/mol. The van der Waals surface area contributed by atoms with Gasteiger partial charge in [-0.1, -0.05) is 42.5 Å². The zero-order valence-electron chi connectivity index (χ0n) is 17.1. The zero-order valence-corrected chi connectivity index (χ0v) is 17.1. The lowest BCUT2D eigenvalue weighted by molar-refractivity contribution is -0.133. The van der Waals surface area contributed by atoms with Crippen molar-refractivity contribution in [3.8, 4) is 0 Å². The van der Waals surface area contributed by atoms with Crippen LogP contribution in [0.2, 0.25) is 0 Å². The lowest BCUT2D eigenvalue weighted by Gasteiger charge is -2.32. The molecular weight excluding hydrogens is 378 g/mol. The standard InChI is InChI=1S/C24H27N3O3/c28-23(12-15-27-18-25-22-9-5-4-8-21(22)24(27)29)26-13-10-20(11-14-26)17-30-16-19-6-2-1-3-7-19/h1-9,18,20H,10-17H2. The molecule has 0 N–H and O–H groups in total. The van der Waals surface area contributed by atoms with Crippen LogP contribution in [0.25, 0.3) is 10.9 Å². The lowest BCUT2D eigenvalue weighted by atomic mass is 9.97. The van der Waals surface area contributed by atoms with Crippen molar-refractivity contribution in [3.05, 3.63) is 76.8 Å². The Bertz CT molecular complexity index is 1040. The highest BCUT2D eigenvalue weighted by atomic mass is 16.5. The number of hydrogen-bond acceptors (Lipinski definition) is 4. The van der Waals surface area contributed by atoms with Crippen LogP contribution < -0.4 is 5.56 Å². The van der Waals surface area contributed by atoms with Crippen LogP contribution in [0.3, 0.4) is 0 Å². The second kappa shape index (κ2) is 9.67. The molecule has 0 atom stereocenters. The molecule has 4 rings (SSSR count). The van der Waals surface area contributed by atoms with Crippen LogP contribution in [-0.2, 0) is 22.7 Å². The summed E-state index contributed by atoms with van der Waals surface area (Å²) in [5.41, 5.74) is 1.77. The molecule has 1 fully saturated rings. The molecule has 30 heavy (non-hydrogen) atoms. The molecule has 6 nitrogen and oxygen atoms in total. The van der Waals surface area contributed by atoms with Gasteiger partial charge in [0.2, 0.25) is 5.91 Å². The summed E-state index contributed by atoms with van der Waals surface area (Å²) in [4.78, 5) is 31.4.